The first kappa shape index (κ1) is 7.02. The third-order valence-corrected chi connectivity index (χ3v) is 1.76. The third-order valence-electron chi connectivity index (χ3n) is 1.76. The maximum absolute atomic E-state index is 4.05. The summed E-state index contributed by atoms with van der Waals surface area (Å²) in [4.78, 5) is 0. The molecule has 2 aromatic rings. The molecule has 0 aliphatic rings. The average molecular weight is 163 g/mol. The molecule has 0 radical (unpaired) electrons. The lowest BCUT2D eigenvalue weighted by molar-refractivity contribution is 0.762. The van der Waals surface area contributed by atoms with Gasteiger partial charge in [0, 0.05) is 20.3 Å². The molecule has 5 nitrogen and oxygen atoms in total. The van der Waals surface area contributed by atoms with Gasteiger partial charge in [0.25, 0.3) is 0 Å². The summed E-state index contributed by atoms with van der Waals surface area (Å²) in [6.45, 7) is 0. The fourth-order valence-corrected chi connectivity index (χ4v) is 1.11. The fraction of sp³-hybridized carbons (Fsp3) is 0.286. The summed E-state index contributed by atoms with van der Waals surface area (Å²) in [5, 5.41) is 11.8. The summed E-state index contributed by atoms with van der Waals surface area (Å²) >= 11 is 0. The minimum absolute atomic E-state index is 0.829. The maximum Gasteiger partial charge on any atom is 0.181 e. The van der Waals surface area contributed by atoms with Gasteiger partial charge in [-0.25, -0.2) is 0 Å². The van der Waals surface area contributed by atoms with Gasteiger partial charge in [0.1, 0.15) is 12.0 Å². The van der Waals surface area contributed by atoms with Crippen LogP contribution < -0.4 is 0 Å². The quantitative estimate of drug-likeness (QED) is 0.604. The molecule has 0 saturated carbocycles. The summed E-state index contributed by atoms with van der Waals surface area (Å²) in [6, 6.07) is 1.91. The van der Waals surface area contributed by atoms with Crippen LogP contribution in [0.5, 0.6) is 0 Å². The van der Waals surface area contributed by atoms with Gasteiger partial charge in [-0.15, -0.1) is 10.2 Å². The van der Waals surface area contributed by atoms with Crippen LogP contribution in [0.1, 0.15) is 0 Å². The molecule has 0 aliphatic heterocycles. The molecule has 0 spiro atoms. The number of nitrogens with zero attached hydrogens (tertiary/aromatic N) is 5. The zero-order chi connectivity index (χ0) is 8.55. The van der Waals surface area contributed by atoms with E-state index in [1.165, 1.54) is 0 Å². The van der Waals surface area contributed by atoms with Crippen molar-refractivity contribution < 1.29 is 0 Å². The average Bonchev–Trinajstić information content (AvgIpc) is 2.59. The minimum atomic E-state index is 0.829. The molecule has 0 fully saturated rings. The van der Waals surface area contributed by atoms with Gasteiger partial charge in [0.2, 0.25) is 0 Å². The van der Waals surface area contributed by atoms with E-state index in [-0.39, 0.29) is 0 Å². The normalized spacial score (nSPS) is 10.5. The van der Waals surface area contributed by atoms with Gasteiger partial charge in [0.15, 0.2) is 5.82 Å². The topological polar surface area (TPSA) is 48.5 Å². The van der Waals surface area contributed by atoms with Crippen molar-refractivity contribution in [3.8, 4) is 11.5 Å². The fourth-order valence-electron chi connectivity index (χ4n) is 1.11. The molecule has 2 aromatic heterocycles. The molecular weight excluding hydrogens is 154 g/mol. The van der Waals surface area contributed by atoms with Crippen molar-refractivity contribution in [3.05, 3.63) is 18.6 Å². The molecular formula is C7H9N5. The first-order valence-corrected chi connectivity index (χ1v) is 3.61. The lowest BCUT2D eigenvalue weighted by atomic mass is 10.4. The standard InChI is InChI=1S/C7H9N5/c1-11-5-8-10-7(11)6-3-4-9-12(6)2/h3-5H,1-2H3. The minimum Gasteiger partial charge on any atom is -0.315 e. The summed E-state index contributed by atoms with van der Waals surface area (Å²) in [5.74, 6) is 0.829. The van der Waals surface area contributed by atoms with Gasteiger partial charge in [-0.3, -0.25) is 4.68 Å². The van der Waals surface area contributed by atoms with E-state index >= 15 is 0 Å². The molecule has 2 heterocycles. The largest absolute Gasteiger partial charge is 0.315 e. The van der Waals surface area contributed by atoms with Crippen molar-refractivity contribution in [1.29, 1.82) is 0 Å². The molecule has 0 N–H and O–H groups in total. The Balaban J connectivity index is 2.57. The van der Waals surface area contributed by atoms with Crippen LogP contribution in [0.15, 0.2) is 18.6 Å². The van der Waals surface area contributed by atoms with Gasteiger partial charge in [0.05, 0.1) is 0 Å². The van der Waals surface area contributed by atoms with Crippen LogP contribution in [0, 0.1) is 0 Å². The summed E-state index contributed by atoms with van der Waals surface area (Å²) < 4.78 is 3.63. The van der Waals surface area contributed by atoms with Crippen molar-refractivity contribution >= 4 is 0 Å². The molecule has 2 rings (SSSR count). The lowest BCUT2D eigenvalue weighted by Crippen LogP contribution is -1.98. The van der Waals surface area contributed by atoms with Crippen molar-refractivity contribution in [2.24, 2.45) is 14.1 Å². The zero-order valence-electron chi connectivity index (χ0n) is 6.97. The number of rotatable bonds is 1. The molecule has 0 aliphatic carbocycles. The Morgan fingerprint density at radius 1 is 1.33 bits per heavy atom. The van der Waals surface area contributed by atoms with E-state index in [1.807, 2.05) is 24.7 Å². The van der Waals surface area contributed by atoms with E-state index < -0.39 is 0 Å². The predicted octanol–water partition coefficient (Wildman–Crippen LogP) is 0.216. The molecule has 0 amide bonds. The Bertz CT molecular complexity index is 348. The highest BCUT2D eigenvalue weighted by Gasteiger charge is 2.06. The second kappa shape index (κ2) is 2.44. The van der Waals surface area contributed by atoms with E-state index in [9.17, 15) is 0 Å². The molecule has 0 saturated heterocycles. The van der Waals surface area contributed by atoms with Gasteiger partial charge in [-0.1, -0.05) is 0 Å². The number of aromatic nitrogens is 5. The smallest absolute Gasteiger partial charge is 0.181 e. The van der Waals surface area contributed by atoms with E-state index in [1.54, 1.807) is 17.2 Å². The highest BCUT2D eigenvalue weighted by Crippen LogP contribution is 2.12. The Labute approximate surface area is 69.7 Å². The second-order valence-electron chi connectivity index (χ2n) is 2.61. The van der Waals surface area contributed by atoms with Crippen LogP contribution in [-0.2, 0) is 14.1 Å². The van der Waals surface area contributed by atoms with Crippen LogP contribution >= 0.6 is 0 Å². The monoisotopic (exact) mass is 163 g/mol. The number of hydrogen-bond acceptors (Lipinski definition) is 3. The molecule has 0 atom stereocenters. The summed E-state index contributed by atoms with van der Waals surface area (Å²) in [5.41, 5.74) is 0.968. The number of aryl methyl sites for hydroxylation is 2. The van der Waals surface area contributed by atoms with E-state index in [2.05, 4.69) is 15.3 Å². The van der Waals surface area contributed by atoms with Crippen molar-refractivity contribution in [1.82, 2.24) is 24.5 Å². The Morgan fingerprint density at radius 3 is 2.67 bits per heavy atom. The van der Waals surface area contributed by atoms with Crippen LogP contribution in [-0.4, -0.2) is 24.5 Å². The summed E-state index contributed by atoms with van der Waals surface area (Å²) in [6.07, 6.45) is 3.41. The molecule has 0 aromatic carbocycles. The Kier molecular flexibility index (Phi) is 1.43. The SMILES string of the molecule is Cn1cnnc1-c1ccnn1C. The lowest BCUT2D eigenvalue weighted by Gasteiger charge is -1.99. The van der Waals surface area contributed by atoms with Crippen LogP contribution in [0.25, 0.3) is 11.5 Å². The maximum atomic E-state index is 4.05. The van der Waals surface area contributed by atoms with Gasteiger partial charge in [-0.05, 0) is 6.07 Å². The van der Waals surface area contributed by atoms with Gasteiger partial charge in [-0.2, -0.15) is 5.10 Å². The molecule has 12 heavy (non-hydrogen) atoms. The van der Waals surface area contributed by atoms with Gasteiger partial charge >= 0.3 is 0 Å². The van der Waals surface area contributed by atoms with Crippen molar-refractivity contribution in [3.63, 3.8) is 0 Å². The highest BCUT2D eigenvalue weighted by atomic mass is 15.3. The highest BCUT2D eigenvalue weighted by molar-refractivity contribution is 5.48. The summed E-state index contributed by atoms with van der Waals surface area (Å²) in [7, 11) is 3.78. The van der Waals surface area contributed by atoms with E-state index in [0.717, 1.165) is 11.5 Å². The van der Waals surface area contributed by atoms with Crippen LogP contribution in [0.3, 0.4) is 0 Å². The van der Waals surface area contributed by atoms with Gasteiger partial charge < -0.3 is 4.57 Å². The van der Waals surface area contributed by atoms with Crippen molar-refractivity contribution in [2.45, 2.75) is 0 Å². The number of hydrogen-bond donors (Lipinski definition) is 0. The van der Waals surface area contributed by atoms with E-state index in [0.29, 0.717) is 0 Å². The third kappa shape index (κ3) is 0.903. The van der Waals surface area contributed by atoms with Crippen molar-refractivity contribution in [2.75, 3.05) is 0 Å². The first-order chi connectivity index (χ1) is 5.79. The first-order valence-electron chi connectivity index (χ1n) is 3.61. The van der Waals surface area contributed by atoms with E-state index in [4.69, 9.17) is 0 Å². The van der Waals surface area contributed by atoms with Crippen LogP contribution in [0.2, 0.25) is 0 Å². The Morgan fingerprint density at radius 2 is 2.17 bits per heavy atom. The molecule has 62 valence electrons. The zero-order valence-corrected chi connectivity index (χ0v) is 6.97. The molecule has 0 bridgehead atoms. The molecule has 0 unspecified atom stereocenters. The Hall–Kier alpha value is -1.65. The molecule has 5 heteroatoms. The van der Waals surface area contributed by atoms with Crippen LogP contribution in [0.4, 0.5) is 0 Å². The predicted molar refractivity (Wildman–Crippen MR) is 43.2 cm³/mol. The second-order valence-corrected chi connectivity index (χ2v) is 2.61.